The van der Waals surface area contributed by atoms with Gasteiger partial charge in [0, 0.05) is 41.1 Å². The Hall–Kier alpha value is -1.29. The van der Waals surface area contributed by atoms with Crippen LogP contribution in [0.4, 0.5) is 0 Å². The van der Waals surface area contributed by atoms with E-state index in [0.29, 0.717) is 29.2 Å². The van der Waals surface area contributed by atoms with Crippen molar-refractivity contribution in [3.8, 4) is 5.75 Å². The van der Waals surface area contributed by atoms with Crippen LogP contribution in [0.3, 0.4) is 0 Å². The maximum atomic E-state index is 6.27. The molecule has 21 heavy (non-hydrogen) atoms. The number of aromatic nitrogens is 1. The zero-order valence-corrected chi connectivity index (χ0v) is 13.6. The van der Waals surface area contributed by atoms with E-state index in [-0.39, 0.29) is 0 Å². The molecule has 2 aromatic rings. The van der Waals surface area contributed by atoms with Crippen LogP contribution in [0.25, 0.3) is 0 Å². The van der Waals surface area contributed by atoms with Crippen LogP contribution in [0.5, 0.6) is 5.75 Å². The zero-order valence-electron chi connectivity index (χ0n) is 12.1. The monoisotopic (exact) mass is 324 g/mol. The van der Waals surface area contributed by atoms with E-state index in [4.69, 9.17) is 27.9 Å². The van der Waals surface area contributed by atoms with Crippen LogP contribution in [-0.4, -0.2) is 11.0 Å². The van der Waals surface area contributed by atoms with Gasteiger partial charge in [-0.15, -0.1) is 0 Å². The number of nitrogens with zero attached hydrogens (tertiary/aromatic N) is 1. The van der Waals surface area contributed by atoms with Crippen molar-refractivity contribution < 1.29 is 4.74 Å². The third-order valence-corrected chi connectivity index (χ3v) is 3.70. The lowest BCUT2D eigenvalue weighted by Crippen LogP contribution is -2.22. The number of pyridine rings is 1. The third-order valence-electron chi connectivity index (χ3n) is 3.00. The van der Waals surface area contributed by atoms with E-state index < -0.39 is 0 Å². The number of ether oxygens (including phenoxy) is 1. The quantitative estimate of drug-likeness (QED) is 0.851. The van der Waals surface area contributed by atoms with Gasteiger partial charge in [0.05, 0.1) is 5.02 Å². The summed E-state index contributed by atoms with van der Waals surface area (Å²) in [6.45, 7) is 5.23. The molecule has 1 heterocycles. The first kappa shape index (κ1) is 16.1. The van der Waals surface area contributed by atoms with E-state index >= 15 is 0 Å². The number of halogens is 2. The molecule has 0 atom stereocenters. The predicted molar refractivity (Wildman–Crippen MR) is 87.0 cm³/mol. The molecule has 0 unspecified atom stereocenters. The first-order valence-electron chi connectivity index (χ1n) is 6.80. The number of benzene rings is 1. The number of hydrogen-bond donors (Lipinski definition) is 1. The molecule has 0 saturated carbocycles. The molecule has 0 spiro atoms. The second kappa shape index (κ2) is 7.64. The van der Waals surface area contributed by atoms with Crippen molar-refractivity contribution in [1.29, 1.82) is 0 Å². The van der Waals surface area contributed by atoms with Crippen LogP contribution in [0, 0.1) is 0 Å². The summed E-state index contributed by atoms with van der Waals surface area (Å²) >= 11 is 12.4. The lowest BCUT2D eigenvalue weighted by molar-refractivity contribution is 0.302. The average Bonchev–Trinajstić information content (AvgIpc) is 2.45. The zero-order chi connectivity index (χ0) is 15.2. The SMILES string of the molecule is CC(C)NCc1c(Cl)cccc1OCc1ccncc1Cl. The van der Waals surface area contributed by atoms with Gasteiger partial charge in [-0.2, -0.15) is 0 Å². The standard InChI is InChI=1S/C16H18Cl2N2O/c1-11(2)20-8-13-14(17)4-3-5-16(13)21-10-12-6-7-19-9-15(12)18/h3-7,9,11,20H,8,10H2,1-2H3. The van der Waals surface area contributed by atoms with E-state index in [1.807, 2.05) is 24.3 Å². The second-order valence-electron chi connectivity index (χ2n) is 5.01. The van der Waals surface area contributed by atoms with Crippen molar-refractivity contribution in [3.05, 3.63) is 57.8 Å². The van der Waals surface area contributed by atoms with Gasteiger partial charge in [0.25, 0.3) is 0 Å². The highest BCUT2D eigenvalue weighted by atomic mass is 35.5. The fourth-order valence-electron chi connectivity index (χ4n) is 1.83. The van der Waals surface area contributed by atoms with Gasteiger partial charge >= 0.3 is 0 Å². The Bertz CT molecular complexity index is 603. The van der Waals surface area contributed by atoms with Crippen LogP contribution in [0.2, 0.25) is 10.0 Å². The largest absolute Gasteiger partial charge is 0.488 e. The summed E-state index contributed by atoms with van der Waals surface area (Å²) in [5, 5.41) is 4.65. The molecule has 0 aliphatic carbocycles. The van der Waals surface area contributed by atoms with Crippen LogP contribution in [-0.2, 0) is 13.2 Å². The van der Waals surface area contributed by atoms with Gasteiger partial charge in [0.1, 0.15) is 12.4 Å². The minimum atomic E-state index is 0.378. The van der Waals surface area contributed by atoms with Crippen molar-refractivity contribution in [2.75, 3.05) is 0 Å². The molecule has 5 heteroatoms. The Balaban J connectivity index is 2.12. The van der Waals surface area contributed by atoms with E-state index in [2.05, 4.69) is 24.1 Å². The van der Waals surface area contributed by atoms with Gasteiger partial charge in [-0.05, 0) is 18.2 Å². The van der Waals surface area contributed by atoms with Crippen LogP contribution in [0.1, 0.15) is 25.0 Å². The van der Waals surface area contributed by atoms with Crippen LogP contribution >= 0.6 is 23.2 Å². The van der Waals surface area contributed by atoms with E-state index in [1.165, 1.54) is 0 Å². The fourth-order valence-corrected chi connectivity index (χ4v) is 2.23. The van der Waals surface area contributed by atoms with Gasteiger partial charge in [-0.3, -0.25) is 4.98 Å². The van der Waals surface area contributed by atoms with E-state index in [9.17, 15) is 0 Å². The first-order chi connectivity index (χ1) is 10.1. The summed E-state index contributed by atoms with van der Waals surface area (Å²) in [6, 6.07) is 7.89. The number of hydrogen-bond acceptors (Lipinski definition) is 3. The molecule has 0 saturated heterocycles. The van der Waals surface area contributed by atoms with Crippen molar-refractivity contribution >= 4 is 23.2 Å². The Morgan fingerprint density at radius 3 is 2.71 bits per heavy atom. The second-order valence-corrected chi connectivity index (χ2v) is 5.82. The fraction of sp³-hybridized carbons (Fsp3) is 0.312. The highest BCUT2D eigenvalue weighted by molar-refractivity contribution is 6.31. The predicted octanol–water partition coefficient (Wildman–Crippen LogP) is 4.47. The molecule has 0 amide bonds. The summed E-state index contributed by atoms with van der Waals surface area (Å²) < 4.78 is 5.88. The van der Waals surface area contributed by atoms with Crippen molar-refractivity contribution in [1.82, 2.24) is 10.3 Å². The Labute approximate surface area is 135 Å². The molecule has 0 bridgehead atoms. The Morgan fingerprint density at radius 1 is 1.19 bits per heavy atom. The molecule has 1 aromatic carbocycles. The highest BCUT2D eigenvalue weighted by Crippen LogP contribution is 2.27. The van der Waals surface area contributed by atoms with Gasteiger partial charge in [0.15, 0.2) is 0 Å². The minimum Gasteiger partial charge on any atom is -0.488 e. The maximum Gasteiger partial charge on any atom is 0.125 e. The molecule has 0 fully saturated rings. The van der Waals surface area contributed by atoms with Crippen molar-refractivity contribution in [3.63, 3.8) is 0 Å². The summed E-state index contributed by atoms with van der Waals surface area (Å²) in [4.78, 5) is 3.96. The van der Waals surface area contributed by atoms with E-state index in [0.717, 1.165) is 16.9 Å². The molecule has 112 valence electrons. The number of rotatable bonds is 6. The average molecular weight is 325 g/mol. The molecular formula is C16H18Cl2N2O. The van der Waals surface area contributed by atoms with Gasteiger partial charge in [-0.1, -0.05) is 43.1 Å². The minimum absolute atomic E-state index is 0.378. The Morgan fingerprint density at radius 2 is 2.00 bits per heavy atom. The van der Waals surface area contributed by atoms with Gasteiger partial charge in [0.2, 0.25) is 0 Å². The van der Waals surface area contributed by atoms with Crippen molar-refractivity contribution in [2.45, 2.75) is 33.0 Å². The lowest BCUT2D eigenvalue weighted by Gasteiger charge is -2.15. The highest BCUT2D eigenvalue weighted by Gasteiger charge is 2.10. The van der Waals surface area contributed by atoms with Crippen LogP contribution in [0.15, 0.2) is 36.7 Å². The number of nitrogens with one attached hydrogen (secondary N) is 1. The maximum absolute atomic E-state index is 6.27. The first-order valence-corrected chi connectivity index (χ1v) is 7.55. The van der Waals surface area contributed by atoms with Crippen LogP contribution < -0.4 is 10.1 Å². The third kappa shape index (κ3) is 4.60. The van der Waals surface area contributed by atoms with Gasteiger partial charge < -0.3 is 10.1 Å². The molecule has 0 aliphatic heterocycles. The Kier molecular flexibility index (Phi) is 5.85. The molecule has 2 rings (SSSR count). The van der Waals surface area contributed by atoms with E-state index in [1.54, 1.807) is 12.4 Å². The molecule has 3 nitrogen and oxygen atoms in total. The van der Waals surface area contributed by atoms with Crippen molar-refractivity contribution in [2.24, 2.45) is 0 Å². The lowest BCUT2D eigenvalue weighted by atomic mass is 10.2. The molecule has 1 aromatic heterocycles. The summed E-state index contributed by atoms with van der Waals surface area (Å²) in [5.74, 6) is 0.767. The summed E-state index contributed by atoms with van der Waals surface area (Å²) in [7, 11) is 0. The summed E-state index contributed by atoms with van der Waals surface area (Å²) in [5.41, 5.74) is 1.85. The molecule has 0 aliphatic rings. The normalized spacial score (nSPS) is 10.9. The molecular weight excluding hydrogens is 307 g/mol. The van der Waals surface area contributed by atoms with Gasteiger partial charge in [-0.25, -0.2) is 0 Å². The molecule has 1 N–H and O–H groups in total. The topological polar surface area (TPSA) is 34.1 Å². The molecule has 0 radical (unpaired) electrons. The smallest absolute Gasteiger partial charge is 0.125 e. The summed E-state index contributed by atoms with van der Waals surface area (Å²) in [6.07, 6.45) is 3.31.